The van der Waals surface area contributed by atoms with Crippen molar-refractivity contribution in [3.63, 3.8) is 0 Å². The first-order valence-electron chi connectivity index (χ1n) is 8.81. The Balaban J connectivity index is 2.11. The number of carbonyl (C=O) groups is 1. The maximum Gasteiger partial charge on any atom is 0.317 e. The number of nitrogens with zero attached hydrogens (tertiary/aromatic N) is 3. The van der Waals surface area contributed by atoms with Crippen molar-refractivity contribution in [2.75, 3.05) is 11.9 Å². The van der Waals surface area contributed by atoms with E-state index in [1.807, 2.05) is 19.9 Å². The Labute approximate surface area is 147 Å². The molecule has 1 aliphatic heterocycles. The number of esters is 1. The zero-order chi connectivity index (χ0) is 17.8. The highest BCUT2D eigenvalue weighted by Crippen LogP contribution is 2.38. The van der Waals surface area contributed by atoms with Gasteiger partial charge in [-0.1, -0.05) is 44.2 Å². The zero-order valence-corrected chi connectivity index (χ0v) is 14.9. The lowest BCUT2D eigenvalue weighted by atomic mass is 9.88. The second kappa shape index (κ2) is 7.51. The van der Waals surface area contributed by atoms with E-state index in [-0.39, 0.29) is 12.0 Å². The van der Waals surface area contributed by atoms with Crippen molar-refractivity contribution in [2.24, 2.45) is 5.92 Å². The maximum absolute atomic E-state index is 12.8. The topological polar surface area (TPSA) is 69.0 Å². The van der Waals surface area contributed by atoms with Gasteiger partial charge in [-0.25, -0.2) is 4.68 Å². The van der Waals surface area contributed by atoms with Crippen LogP contribution in [0.4, 0.5) is 5.95 Å². The Kier molecular flexibility index (Phi) is 5.16. The van der Waals surface area contributed by atoms with Gasteiger partial charge in [0.25, 0.3) is 0 Å². The number of hydrogen-bond donors (Lipinski definition) is 1. The molecule has 3 rings (SSSR count). The highest BCUT2D eigenvalue weighted by Gasteiger charge is 2.41. The van der Waals surface area contributed by atoms with Crippen molar-refractivity contribution < 1.29 is 9.53 Å². The van der Waals surface area contributed by atoms with E-state index < -0.39 is 5.92 Å². The maximum atomic E-state index is 12.8. The van der Waals surface area contributed by atoms with Gasteiger partial charge in [-0.05, 0) is 30.9 Å². The van der Waals surface area contributed by atoms with Crippen LogP contribution in [0.25, 0.3) is 0 Å². The quantitative estimate of drug-likeness (QED) is 0.846. The lowest BCUT2D eigenvalue weighted by molar-refractivity contribution is -0.147. The lowest BCUT2D eigenvalue weighted by Gasteiger charge is -2.33. The normalized spacial score (nSPS) is 20.8. The summed E-state index contributed by atoms with van der Waals surface area (Å²) in [5.41, 5.74) is 3.10. The van der Waals surface area contributed by atoms with Gasteiger partial charge in [-0.15, -0.1) is 0 Å². The Morgan fingerprint density at radius 2 is 2.04 bits per heavy atom. The Bertz CT molecular complexity index is 764. The molecule has 0 aliphatic carbocycles. The summed E-state index contributed by atoms with van der Waals surface area (Å²) in [4.78, 5) is 17.0. The number of carbonyl (C=O) groups excluding carboxylic acids is 1. The van der Waals surface area contributed by atoms with Crippen molar-refractivity contribution in [1.82, 2.24) is 14.8 Å². The number of aromatic nitrogens is 3. The summed E-state index contributed by atoms with van der Waals surface area (Å²) >= 11 is 0. The monoisotopic (exact) mass is 340 g/mol. The van der Waals surface area contributed by atoms with Crippen LogP contribution in [0.3, 0.4) is 0 Å². The average Bonchev–Trinajstić information content (AvgIpc) is 3.09. The minimum absolute atomic E-state index is 0.250. The molecule has 0 amide bonds. The third kappa shape index (κ3) is 3.29. The molecule has 0 fully saturated rings. The number of allylic oxidation sites excluding steroid dienone is 1. The molecular weight excluding hydrogens is 316 g/mol. The summed E-state index contributed by atoms with van der Waals surface area (Å²) in [5.74, 6) is -0.0770. The van der Waals surface area contributed by atoms with Crippen LogP contribution in [-0.2, 0) is 16.0 Å². The average molecular weight is 340 g/mol. The third-order valence-corrected chi connectivity index (χ3v) is 4.44. The van der Waals surface area contributed by atoms with Crippen molar-refractivity contribution in [3.05, 3.63) is 53.5 Å². The van der Waals surface area contributed by atoms with E-state index in [1.54, 1.807) is 4.68 Å². The molecular formula is C19H24N4O2. The van der Waals surface area contributed by atoms with E-state index in [9.17, 15) is 4.79 Å². The Morgan fingerprint density at radius 3 is 2.68 bits per heavy atom. The molecule has 0 spiro atoms. The number of aryl methyl sites for hydroxylation is 1. The fraction of sp³-hybridized carbons (Fsp3) is 0.421. The minimum Gasteiger partial charge on any atom is -0.465 e. The summed E-state index contributed by atoms with van der Waals surface area (Å²) in [7, 11) is 0. The predicted molar refractivity (Wildman–Crippen MR) is 96.1 cm³/mol. The Morgan fingerprint density at radius 1 is 1.28 bits per heavy atom. The van der Waals surface area contributed by atoms with E-state index in [4.69, 9.17) is 4.74 Å². The molecule has 0 radical (unpaired) electrons. The van der Waals surface area contributed by atoms with Crippen molar-refractivity contribution in [3.8, 4) is 0 Å². The van der Waals surface area contributed by atoms with Gasteiger partial charge in [0.2, 0.25) is 5.95 Å². The van der Waals surface area contributed by atoms with Gasteiger partial charge in [0.05, 0.1) is 12.6 Å². The Hall–Kier alpha value is -2.63. The van der Waals surface area contributed by atoms with Gasteiger partial charge in [0.15, 0.2) is 0 Å². The highest BCUT2D eigenvalue weighted by molar-refractivity contribution is 5.79. The third-order valence-electron chi connectivity index (χ3n) is 4.44. The number of ether oxygens (including phenoxy) is 1. The van der Waals surface area contributed by atoms with Crippen LogP contribution in [0.2, 0.25) is 0 Å². The molecule has 0 saturated carbocycles. The van der Waals surface area contributed by atoms with Gasteiger partial charge in [0.1, 0.15) is 12.2 Å². The van der Waals surface area contributed by atoms with Crippen LogP contribution in [0.1, 0.15) is 44.4 Å². The van der Waals surface area contributed by atoms with Crippen LogP contribution >= 0.6 is 0 Å². The largest absolute Gasteiger partial charge is 0.465 e. The van der Waals surface area contributed by atoms with Crippen molar-refractivity contribution in [1.29, 1.82) is 0 Å². The molecule has 0 unspecified atom stereocenters. The summed E-state index contributed by atoms with van der Waals surface area (Å²) in [6, 6.07) is 8.05. The second-order valence-corrected chi connectivity index (χ2v) is 5.99. The molecule has 0 saturated heterocycles. The highest BCUT2D eigenvalue weighted by atomic mass is 16.5. The van der Waals surface area contributed by atoms with Gasteiger partial charge >= 0.3 is 5.97 Å². The van der Waals surface area contributed by atoms with Crippen LogP contribution in [0.5, 0.6) is 0 Å². The molecule has 1 N–H and O–H groups in total. The number of fused-ring (bicyclic) bond motifs is 1. The van der Waals surface area contributed by atoms with Gasteiger partial charge < -0.3 is 10.1 Å². The number of hydrogen-bond acceptors (Lipinski definition) is 5. The summed E-state index contributed by atoms with van der Waals surface area (Å²) in [6.07, 6.45) is 5.32. The summed E-state index contributed by atoms with van der Waals surface area (Å²) < 4.78 is 7.14. The molecule has 2 atom stereocenters. The van der Waals surface area contributed by atoms with Gasteiger partial charge in [-0.2, -0.15) is 10.1 Å². The lowest BCUT2D eigenvalue weighted by Crippen LogP contribution is -2.38. The number of nitrogens with one attached hydrogen (secondary N) is 1. The summed E-state index contributed by atoms with van der Waals surface area (Å²) in [5, 5.41) is 7.59. The number of benzene rings is 1. The molecule has 0 bridgehead atoms. The molecule has 132 valence electrons. The van der Waals surface area contributed by atoms with Crippen LogP contribution in [-0.4, -0.2) is 27.3 Å². The molecule has 2 heterocycles. The number of rotatable bonds is 5. The van der Waals surface area contributed by atoms with Crippen LogP contribution < -0.4 is 5.32 Å². The molecule has 6 heteroatoms. The van der Waals surface area contributed by atoms with Crippen molar-refractivity contribution in [2.45, 2.75) is 39.7 Å². The smallest absolute Gasteiger partial charge is 0.317 e. The second-order valence-electron chi connectivity index (χ2n) is 5.99. The minimum atomic E-state index is -0.471. The molecule has 1 aromatic heterocycles. The standard InChI is InChI=1S/C19H24N4O2/c1-4-7-15-16(18(24)25-6-3)17(23-19(22-15)20-12-21-23)14-10-8-13(5-2)9-11-14/h7-12,16-17H,4-6H2,1-3H3,(H,20,21,22)/b15-7+/t16-,17+/m1/s1. The fourth-order valence-electron chi connectivity index (χ4n) is 3.23. The first kappa shape index (κ1) is 17.2. The van der Waals surface area contributed by atoms with Gasteiger partial charge in [-0.3, -0.25) is 4.79 Å². The molecule has 1 aliphatic rings. The van der Waals surface area contributed by atoms with E-state index in [0.717, 1.165) is 24.1 Å². The molecule has 6 nitrogen and oxygen atoms in total. The summed E-state index contributed by atoms with van der Waals surface area (Å²) in [6.45, 7) is 6.34. The van der Waals surface area contributed by atoms with E-state index in [0.29, 0.717) is 12.6 Å². The van der Waals surface area contributed by atoms with Crippen LogP contribution in [0, 0.1) is 5.92 Å². The predicted octanol–water partition coefficient (Wildman–Crippen LogP) is 3.33. The van der Waals surface area contributed by atoms with Crippen molar-refractivity contribution >= 4 is 11.9 Å². The zero-order valence-electron chi connectivity index (χ0n) is 14.9. The molecule has 2 aromatic rings. The number of anilines is 1. The first-order valence-corrected chi connectivity index (χ1v) is 8.81. The van der Waals surface area contributed by atoms with Crippen LogP contribution in [0.15, 0.2) is 42.4 Å². The molecule has 25 heavy (non-hydrogen) atoms. The fourth-order valence-corrected chi connectivity index (χ4v) is 3.23. The van der Waals surface area contributed by atoms with E-state index in [2.05, 4.69) is 46.6 Å². The van der Waals surface area contributed by atoms with Gasteiger partial charge in [0, 0.05) is 5.70 Å². The molecule has 1 aromatic carbocycles. The first-order chi connectivity index (χ1) is 12.2. The van der Waals surface area contributed by atoms with E-state index >= 15 is 0 Å². The van der Waals surface area contributed by atoms with E-state index in [1.165, 1.54) is 11.9 Å². The SMILES string of the molecule is CC/C=C1/Nc2ncnn2[C@@H](c2ccc(CC)cc2)[C@@H]1C(=O)OCC.